The lowest BCUT2D eigenvalue weighted by Crippen LogP contribution is -2.43. The number of carboxylic acid groups (broad SMARTS) is 1. The van der Waals surface area contributed by atoms with Crippen molar-refractivity contribution >= 4 is 11.9 Å². The number of carbonyl (C=O) groups is 2. The summed E-state index contributed by atoms with van der Waals surface area (Å²) in [6, 6.07) is 5.49. The molecule has 6 heteroatoms. The first-order chi connectivity index (χ1) is 9.32. The molecule has 1 aromatic rings. The highest BCUT2D eigenvalue weighted by atomic mass is 19.1. The van der Waals surface area contributed by atoms with Crippen molar-refractivity contribution in [3.8, 4) is 0 Å². The van der Waals surface area contributed by atoms with Crippen molar-refractivity contribution < 1.29 is 19.1 Å². The van der Waals surface area contributed by atoms with E-state index >= 15 is 0 Å². The molecule has 1 aromatic carbocycles. The zero-order valence-corrected chi connectivity index (χ0v) is 11.8. The van der Waals surface area contributed by atoms with Gasteiger partial charge < -0.3 is 10.0 Å². The molecule has 5 nitrogen and oxygen atoms in total. The molecule has 0 radical (unpaired) electrons. The Morgan fingerprint density at radius 3 is 2.45 bits per heavy atom. The van der Waals surface area contributed by atoms with Crippen LogP contribution in [-0.2, 0) is 16.1 Å². The van der Waals surface area contributed by atoms with Gasteiger partial charge in [-0.2, -0.15) is 0 Å². The third kappa shape index (κ3) is 4.31. The SMILES string of the molecule is CC(C(=O)O)N(C)CC(=O)N(C)Cc1ccccc1F. The Hall–Kier alpha value is -1.95. The molecule has 110 valence electrons. The minimum atomic E-state index is -0.989. The van der Waals surface area contributed by atoms with Crippen molar-refractivity contribution in [2.45, 2.75) is 19.5 Å². The van der Waals surface area contributed by atoms with E-state index in [4.69, 9.17) is 5.11 Å². The molecular weight excluding hydrogens is 263 g/mol. The summed E-state index contributed by atoms with van der Waals surface area (Å²) in [4.78, 5) is 25.6. The molecule has 0 spiro atoms. The highest BCUT2D eigenvalue weighted by molar-refractivity contribution is 5.79. The monoisotopic (exact) mass is 282 g/mol. The number of likely N-dealkylation sites (N-methyl/N-ethyl adjacent to an activating group) is 2. The van der Waals surface area contributed by atoms with E-state index in [0.717, 1.165) is 0 Å². The maximum absolute atomic E-state index is 13.5. The van der Waals surface area contributed by atoms with E-state index < -0.39 is 12.0 Å². The van der Waals surface area contributed by atoms with Gasteiger partial charge in [-0.3, -0.25) is 14.5 Å². The quantitative estimate of drug-likeness (QED) is 0.851. The predicted molar refractivity (Wildman–Crippen MR) is 72.6 cm³/mol. The molecule has 1 atom stereocenters. The van der Waals surface area contributed by atoms with Crippen LogP contribution < -0.4 is 0 Å². The fourth-order valence-corrected chi connectivity index (χ4v) is 1.63. The first kappa shape index (κ1) is 16.1. The number of carbonyl (C=O) groups excluding carboxylic acids is 1. The van der Waals surface area contributed by atoms with Crippen LogP contribution in [0.1, 0.15) is 12.5 Å². The van der Waals surface area contributed by atoms with Crippen molar-refractivity contribution in [3.63, 3.8) is 0 Å². The van der Waals surface area contributed by atoms with Crippen LogP contribution in [0.25, 0.3) is 0 Å². The van der Waals surface area contributed by atoms with E-state index in [0.29, 0.717) is 5.56 Å². The maximum Gasteiger partial charge on any atom is 0.320 e. The molecule has 0 saturated carbocycles. The molecular formula is C14H19FN2O3. The number of benzene rings is 1. The van der Waals surface area contributed by atoms with Gasteiger partial charge in [-0.25, -0.2) is 4.39 Å². The molecule has 0 bridgehead atoms. The van der Waals surface area contributed by atoms with Crippen LogP contribution in [0.2, 0.25) is 0 Å². The van der Waals surface area contributed by atoms with E-state index in [-0.39, 0.29) is 24.8 Å². The fourth-order valence-electron chi connectivity index (χ4n) is 1.63. The number of nitrogens with zero attached hydrogens (tertiary/aromatic N) is 2. The van der Waals surface area contributed by atoms with Crippen LogP contribution >= 0.6 is 0 Å². The van der Waals surface area contributed by atoms with Gasteiger partial charge in [0.25, 0.3) is 0 Å². The zero-order valence-electron chi connectivity index (χ0n) is 11.8. The summed E-state index contributed by atoms with van der Waals surface area (Å²) in [5, 5.41) is 8.86. The number of carboxylic acids is 1. The average molecular weight is 282 g/mol. The Kier molecular flexibility index (Phi) is 5.64. The Balaban J connectivity index is 2.60. The van der Waals surface area contributed by atoms with Crippen LogP contribution in [0.4, 0.5) is 4.39 Å². The maximum atomic E-state index is 13.5. The molecule has 1 rings (SSSR count). The van der Waals surface area contributed by atoms with Crippen molar-refractivity contribution in [2.75, 3.05) is 20.6 Å². The summed E-state index contributed by atoms with van der Waals surface area (Å²) >= 11 is 0. The van der Waals surface area contributed by atoms with E-state index in [1.54, 1.807) is 32.3 Å². The third-order valence-electron chi connectivity index (χ3n) is 3.19. The smallest absolute Gasteiger partial charge is 0.320 e. The van der Waals surface area contributed by atoms with Crippen LogP contribution in [0, 0.1) is 5.82 Å². The average Bonchev–Trinajstić information content (AvgIpc) is 2.40. The fraction of sp³-hybridized carbons (Fsp3) is 0.429. The van der Waals surface area contributed by atoms with Crippen LogP contribution in [0.15, 0.2) is 24.3 Å². The van der Waals surface area contributed by atoms with Crippen LogP contribution in [0.3, 0.4) is 0 Å². The second kappa shape index (κ2) is 7.00. The van der Waals surface area contributed by atoms with Gasteiger partial charge in [0.2, 0.25) is 5.91 Å². The largest absolute Gasteiger partial charge is 0.480 e. The number of aliphatic carboxylic acids is 1. The Morgan fingerprint density at radius 2 is 1.90 bits per heavy atom. The van der Waals surface area contributed by atoms with Gasteiger partial charge in [-0.15, -0.1) is 0 Å². The normalized spacial score (nSPS) is 12.2. The minimum Gasteiger partial charge on any atom is -0.480 e. The summed E-state index contributed by atoms with van der Waals surface area (Å²) in [7, 11) is 3.13. The molecule has 0 aliphatic heterocycles. The zero-order chi connectivity index (χ0) is 15.3. The molecule has 0 heterocycles. The number of halogens is 1. The number of hydrogen-bond donors (Lipinski definition) is 1. The van der Waals surface area contributed by atoms with Gasteiger partial charge in [0.05, 0.1) is 6.54 Å². The Labute approximate surface area is 117 Å². The van der Waals surface area contributed by atoms with Crippen LogP contribution in [0.5, 0.6) is 0 Å². The summed E-state index contributed by atoms with van der Waals surface area (Å²) in [6.45, 7) is 1.63. The van der Waals surface area contributed by atoms with E-state index in [2.05, 4.69) is 0 Å². The molecule has 1 unspecified atom stereocenters. The molecule has 0 fully saturated rings. The minimum absolute atomic E-state index is 0.0293. The van der Waals surface area contributed by atoms with Gasteiger partial charge in [-0.05, 0) is 20.0 Å². The lowest BCUT2D eigenvalue weighted by atomic mass is 10.2. The van der Waals surface area contributed by atoms with Gasteiger partial charge >= 0.3 is 5.97 Å². The Bertz CT molecular complexity index is 493. The second-order valence-corrected chi connectivity index (χ2v) is 4.77. The van der Waals surface area contributed by atoms with Crippen molar-refractivity contribution in [3.05, 3.63) is 35.6 Å². The molecule has 1 N–H and O–H groups in total. The first-order valence-electron chi connectivity index (χ1n) is 6.23. The van der Waals surface area contributed by atoms with Gasteiger partial charge in [0.15, 0.2) is 0 Å². The second-order valence-electron chi connectivity index (χ2n) is 4.77. The van der Waals surface area contributed by atoms with Crippen molar-refractivity contribution in [1.82, 2.24) is 9.80 Å². The van der Waals surface area contributed by atoms with Gasteiger partial charge in [0, 0.05) is 19.2 Å². The van der Waals surface area contributed by atoms with E-state index in [9.17, 15) is 14.0 Å². The van der Waals surface area contributed by atoms with Crippen molar-refractivity contribution in [2.24, 2.45) is 0 Å². The summed E-state index contributed by atoms with van der Waals surface area (Å²) in [6.07, 6.45) is 0. The summed E-state index contributed by atoms with van der Waals surface area (Å²) in [5.74, 6) is -1.61. The topological polar surface area (TPSA) is 60.9 Å². The first-order valence-corrected chi connectivity index (χ1v) is 6.23. The highest BCUT2D eigenvalue weighted by Crippen LogP contribution is 2.09. The van der Waals surface area contributed by atoms with Crippen molar-refractivity contribution in [1.29, 1.82) is 0 Å². The predicted octanol–water partition coefficient (Wildman–Crippen LogP) is 1.19. The van der Waals surface area contributed by atoms with Gasteiger partial charge in [0.1, 0.15) is 11.9 Å². The summed E-state index contributed by atoms with van der Waals surface area (Å²) in [5.41, 5.74) is 0.428. The van der Waals surface area contributed by atoms with Crippen LogP contribution in [-0.4, -0.2) is 53.5 Å². The van der Waals surface area contributed by atoms with E-state index in [1.165, 1.54) is 22.8 Å². The van der Waals surface area contributed by atoms with Gasteiger partial charge in [-0.1, -0.05) is 18.2 Å². The molecule has 0 saturated heterocycles. The Morgan fingerprint density at radius 1 is 1.30 bits per heavy atom. The molecule has 0 aromatic heterocycles. The molecule has 1 amide bonds. The lowest BCUT2D eigenvalue weighted by molar-refractivity contribution is -0.143. The molecule has 0 aliphatic rings. The number of rotatable bonds is 6. The molecule has 0 aliphatic carbocycles. The van der Waals surface area contributed by atoms with E-state index in [1.807, 2.05) is 0 Å². The number of amides is 1. The third-order valence-corrected chi connectivity index (χ3v) is 3.19. The highest BCUT2D eigenvalue weighted by Gasteiger charge is 2.21. The lowest BCUT2D eigenvalue weighted by Gasteiger charge is -2.24. The summed E-state index contributed by atoms with van der Waals surface area (Å²) < 4.78 is 13.5. The molecule has 20 heavy (non-hydrogen) atoms. The number of hydrogen-bond acceptors (Lipinski definition) is 3. The standard InChI is InChI=1S/C14H19FN2O3/c1-10(14(19)20)16(2)9-13(18)17(3)8-11-6-4-5-7-12(11)15/h4-7,10H,8-9H2,1-3H3,(H,19,20).